The second-order valence-corrected chi connectivity index (χ2v) is 9.36. The molecule has 0 spiro atoms. The van der Waals surface area contributed by atoms with Crippen molar-refractivity contribution in [2.75, 3.05) is 65.6 Å². The minimum atomic E-state index is -3.43. The van der Waals surface area contributed by atoms with E-state index >= 15 is 0 Å². The fraction of sp³-hybridized carbons (Fsp3) is 0.941. The molecular formula is C17H32N4O4S. The standard InChI is InChI=1S/C17H32N4O4S/c1-16(18-6-2-3-7-18)4-5-17(22)19-8-10-20(11-9-19)26(23,24)21-12-14-25-15-13-21/h16H,2-15H2,1H3. The number of piperazine rings is 1. The monoisotopic (exact) mass is 388 g/mol. The van der Waals surface area contributed by atoms with E-state index in [4.69, 9.17) is 4.74 Å². The SMILES string of the molecule is CC(CCC(=O)N1CCN(S(=O)(=O)N2CCOCC2)CC1)N1CCCC1. The highest BCUT2D eigenvalue weighted by Gasteiger charge is 2.34. The number of hydrogen-bond acceptors (Lipinski definition) is 5. The summed E-state index contributed by atoms with van der Waals surface area (Å²) in [5.74, 6) is 0.152. The molecule has 0 aromatic rings. The average molecular weight is 389 g/mol. The minimum absolute atomic E-state index is 0.152. The molecule has 0 radical (unpaired) electrons. The Balaban J connectivity index is 1.43. The number of likely N-dealkylation sites (tertiary alicyclic amines) is 1. The van der Waals surface area contributed by atoms with Gasteiger partial charge in [-0.25, -0.2) is 0 Å². The lowest BCUT2D eigenvalue weighted by Gasteiger charge is -2.37. The molecule has 0 aliphatic carbocycles. The van der Waals surface area contributed by atoms with Crippen LogP contribution in [-0.2, 0) is 19.7 Å². The Labute approximate surface area is 157 Å². The Kier molecular flexibility index (Phi) is 6.90. The van der Waals surface area contributed by atoms with E-state index in [1.165, 1.54) is 21.5 Å². The highest BCUT2D eigenvalue weighted by Crippen LogP contribution is 2.17. The van der Waals surface area contributed by atoms with Crippen molar-refractivity contribution in [3.8, 4) is 0 Å². The van der Waals surface area contributed by atoms with E-state index in [-0.39, 0.29) is 5.91 Å². The average Bonchev–Trinajstić information content (AvgIpc) is 3.21. The summed E-state index contributed by atoms with van der Waals surface area (Å²) in [6.45, 7) is 7.96. The summed E-state index contributed by atoms with van der Waals surface area (Å²) in [5, 5.41) is 0. The summed E-state index contributed by atoms with van der Waals surface area (Å²) in [7, 11) is -3.43. The molecule has 9 heteroatoms. The number of carbonyl (C=O) groups is 1. The van der Waals surface area contributed by atoms with Crippen molar-refractivity contribution in [1.29, 1.82) is 0 Å². The van der Waals surface area contributed by atoms with Crippen LogP contribution in [0, 0.1) is 0 Å². The zero-order chi connectivity index (χ0) is 18.6. The normalized spacial score (nSPS) is 25.5. The van der Waals surface area contributed by atoms with Crippen molar-refractivity contribution >= 4 is 16.1 Å². The van der Waals surface area contributed by atoms with Gasteiger partial charge in [-0.3, -0.25) is 4.79 Å². The third-order valence-corrected chi connectivity index (χ3v) is 7.79. The van der Waals surface area contributed by atoms with Gasteiger partial charge in [-0.2, -0.15) is 17.0 Å². The van der Waals surface area contributed by atoms with Crippen molar-refractivity contribution < 1.29 is 17.9 Å². The number of ether oxygens (including phenoxy) is 1. The fourth-order valence-corrected chi connectivity index (χ4v) is 5.53. The van der Waals surface area contributed by atoms with E-state index in [1.807, 2.05) is 4.90 Å². The third-order valence-electron chi connectivity index (χ3n) is 5.75. The van der Waals surface area contributed by atoms with E-state index in [0.717, 1.165) is 19.5 Å². The molecule has 1 unspecified atom stereocenters. The van der Waals surface area contributed by atoms with Crippen LogP contribution in [0.3, 0.4) is 0 Å². The molecule has 3 fully saturated rings. The Morgan fingerprint density at radius 1 is 0.923 bits per heavy atom. The van der Waals surface area contributed by atoms with Crippen molar-refractivity contribution in [2.45, 2.75) is 38.6 Å². The fourth-order valence-electron chi connectivity index (χ4n) is 3.96. The lowest BCUT2D eigenvalue weighted by atomic mass is 10.1. The van der Waals surface area contributed by atoms with Gasteiger partial charge in [0.15, 0.2) is 0 Å². The first-order chi connectivity index (χ1) is 12.5. The zero-order valence-corrected chi connectivity index (χ0v) is 16.6. The minimum Gasteiger partial charge on any atom is -0.379 e. The molecule has 1 atom stereocenters. The van der Waals surface area contributed by atoms with Crippen LogP contribution in [0.4, 0.5) is 0 Å². The van der Waals surface area contributed by atoms with Gasteiger partial charge in [0, 0.05) is 51.7 Å². The van der Waals surface area contributed by atoms with E-state index in [0.29, 0.717) is 64.9 Å². The molecule has 0 saturated carbocycles. The maximum absolute atomic E-state index is 12.7. The predicted octanol–water partition coefficient (Wildman–Crippen LogP) is -0.0279. The predicted molar refractivity (Wildman–Crippen MR) is 99.0 cm³/mol. The summed E-state index contributed by atoms with van der Waals surface area (Å²) >= 11 is 0. The molecule has 3 saturated heterocycles. The Hall–Kier alpha value is -0.740. The Bertz CT molecular complexity index is 565. The molecule has 150 valence electrons. The summed E-state index contributed by atoms with van der Waals surface area (Å²) in [5.41, 5.74) is 0. The van der Waals surface area contributed by atoms with E-state index < -0.39 is 10.2 Å². The third kappa shape index (κ3) is 4.75. The number of carbonyl (C=O) groups excluding carboxylic acids is 1. The van der Waals surface area contributed by atoms with E-state index in [1.54, 1.807) is 0 Å². The van der Waals surface area contributed by atoms with Crippen LogP contribution in [0.25, 0.3) is 0 Å². The van der Waals surface area contributed by atoms with Crippen molar-refractivity contribution in [3.63, 3.8) is 0 Å². The van der Waals surface area contributed by atoms with Crippen LogP contribution < -0.4 is 0 Å². The largest absolute Gasteiger partial charge is 0.379 e. The van der Waals surface area contributed by atoms with Crippen LogP contribution in [-0.4, -0.2) is 104 Å². The summed E-state index contributed by atoms with van der Waals surface area (Å²) in [6.07, 6.45) is 3.95. The smallest absolute Gasteiger partial charge is 0.282 e. The molecule has 0 bridgehead atoms. The summed E-state index contributed by atoms with van der Waals surface area (Å²) < 4.78 is 33.6. The van der Waals surface area contributed by atoms with Crippen molar-refractivity contribution in [1.82, 2.24) is 18.4 Å². The number of hydrogen-bond donors (Lipinski definition) is 0. The first-order valence-electron chi connectivity index (χ1n) is 9.83. The summed E-state index contributed by atoms with van der Waals surface area (Å²) in [4.78, 5) is 16.8. The molecule has 3 aliphatic heterocycles. The molecular weight excluding hydrogens is 356 g/mol. The molecule has 8 nitrogen and oxygen atoms in total. The number of rotatable bonds is 6. The van der Waals surface area contributed by atoms with Gasteiger partial charge < -0.3 is 14.5 Å². The van der Waals surface area contributed by atoms with Crippen LogP contribution in [0.15, 0.2) is 0 Å². The second kappa shape index (κ2) is 8.97. The highest BCUT2D eigenvalue weighted by atomic mass is 32.2. The van der Waals surface area contributed by atoms with Gasteiger partial charge in [-0.15, -0.1) is 0 Å². The molecule has 0 aromatic carbocycles. The van der Waals surface area contributed by atoms with E-state index in [2.05, 4.69) is 11.8 Å². The first kappa shape index (κ1) is 20.0. The molecule has 0 N–H and O–H groups in total. The van der Waals surface area contributed by atoms with Gasteiger partial charge in [0.1, 0.15) is 0 Å². The van der Waals surface area contributed by atoms with Crippen molar-refractivity contribution in [3.05, 3.63) is 0 Å². The van der Waals surface area contributed by atoms with Gasteiger partial charge >= 0.3 is 0 Å². The maximum Gasteiger partial charge on any atom is 0.282 e. The zero-order valence-electron chi connectivity index (χ0n) is 15.8. The first-order valence-corrected chi connectivity index (χ1v) is 11.2. The van der Waals surface area contributed by atoms with Gasteiger partial charge in [-0.1, -0.05) is 0 Å². The van der Waals surface area contributed by atoms with E-state index in [9.17, 15) is 13.2 Å². The lowest BCUT2D eigenvalue weighted by molar-refractivity contribution is -0.132. The molecule has 3 heterocycles. The molecule has 26 heavy (non-hydrogen) atoms. The van der Waals surface area contributed by atoms with Crippen LogP contribution in [0.1, 0.15) is 32.6 Å². The molecule has 1 amide bonds. The second-order valence-electron chi connectivity index (χ2n) is 7.43. The van der Waals surface area contributed by atoms with Crippen LogP contribution in [0.5, 0.6) is 0 Å². The van der Waals surface area contributed by atoms with Gasteiger partial charge in [-0.05, 0) is 39.3 Å². The Morgan fingerprint density at radius 3 is 2.12 bits per heavy atom. The topological polar surface area (TPSA) is 73.4 Å². The maximum atomic E-state index is 12.7. The molecule has 0 aromatic heterocycles. The van der Waals surface area contributed by atoms with Gasteiger partial charge in [0.2, 0.25) is 5.91 Å². The summed E-state index contributed by atoms with van der Waals surface area (Å²) in [6, 6.07) is 0.449. The van der Waals surface area contributed by atoms with Crippen LogP contribution >= 0.6 is 0 Å². The molecule has 3 aliphatic rings. The Morgan fingerprint density at radius 2 is 1.50 bits per heavy atom. The van der Waals surface area contributed by atoms with Crippen LogP contribution in [0.2, 0.25) is 0 Å². The van der Waals surface area contributed by atoms with Gasteiger partial charge in [0.25, 0.3) is 10.2 Å². The lowest BCUT2D eigenvalue weighted by Crippen LogP contribution is -2.55. The highest BCUT2D eigenvalue weighted by molar-refractivity contribution is 7.86. The quantitative estimate of drug-likeness (QED) is 0.639. The number of morpholine rings is 1. The number of nitrogens with zero attached hydrogens (tertiary/aromatic N) is 4. The number of amides is 1. The van der Waals surface area contributed by atoms with Crippen molar-refractivity contribution in [2.24, 2.45) is 0 Å². The molecule has 3 rings (SSSR count). The van der Waals surface area contributed by atoms with Gasteiger partial charge in [0.05, 0.1) is 13.2 Å².